The number of rotatable bonds is 10. The van der Waals surface area contributed by atoms with Crippen molar-refractivity contribution in [1.29, 1.82) is 0 Å². The van der Waals surface area contributed by atoms with Crippen LogP contribution >= 0.6 is 23.4 Å². The van der Waals surface area contributed by atoms with E-state index < -0.39 is 5.97 Å². The van der Waals surface area contributed by atoms with Gasteiger partial charge in [0.15, 0.2) is 0 Å². The van der Waals surface area contributed by atoms with Gasteiger partial charge >= 0.3 is 5.97 Å². The normalized spacial score (nSPS) is 10.9. The lowest BCUT2D eigenvalue weighted by molar-refractivity contribution is -0.136. The van der Waals surface area contributed by atoms with E-state index in [0.29, 0.717) is 34.4 Å². The Morgan fingerprint density at radius 1 is 1.19 bits per heavy atom. The van der Waals surface area contributed by atoms with Crippen molar-refractivity contribution in [3.05, 3.63) is 47.0 Å². The Hall–Kier alpha value is -1.89. The second-order valence-electron chi connectivity index (χ2n) is 6.16. The van der Waals surface area contributed by atoms with Crippen LogP contribution in [0, 0.1) is 0 Å². The largest absolute Gasteiger partial charge is 0.492 e. The fourth-order valence-electron chi connectivity index (χ4n) is 2.34. The number of carboxylic acids is 1. The van der Waals surface area contributed by atoms with Crippen LogP contribution < -0.4 is 9.47 Å². The third-order valence-electron chi connectivity index (χ3n) is 3.54. The van der Waals surface area contributed by atoms with Gasteiger partial charge in [0, 0.05) is 17.5 Å². The molecule has 0 spiro atoms. The van der Waals surface area contributed by atoms with Crippen molar-refractivity contribution in [2.24, 2.45) is 0 Å². The summed E-state index contributed by atoms with van der Waals surface area (Å²) < 4.78 is 11.7. The summed E-state index contributed by atoms with van der Waals surface area (Å²) in [6, 6.07) is 10.8. The standard InChI is InChI=1S/C20H24ClNO4S/c1-4-27-17-5-6-19(18(21)13-17)26-16-10-14(11-20(23)24)9-15(12-16)25-8-7-22(2)3/h5-6,9-10,12-13H,4,7-8,11H2,1-3H3,(H,23,24). The number of halogens is 1. The number of carbonyl (C=O) groups is 1. The van der Waals surface area contributed by atoms with Crippen LogP contribution in [-0.2, 0) is 11.2 Å². The quantitative estimate of drug-likeness (QED) is 0.568. The highest BCUT2D eigenvalue weighted by molar-refractivity contribution is 7.99. The maximum absolute atomic E-state index is 11.1. The minimum atomic E-state index is -0.912. The SMILES string of the molecule is CCSc1ccc(Oc2cc(CC(=O)O)cc(OCCN(C)C)c2)c(Cl)c1. The Labute approximate surface area is 169 Å². The number of hydrogen-bond donors (Lipinski definition) is 1. The number of benzene rings is 2. The van der Waals surface area contributed by atoms with Crippen LogP contribution in [-0.4, -0.2) is 49.0 Å². The molecule has 0 saturated carbocycles. The molecule has 7 heteroatoms. The average molecular weight is 410 g/mol. The molecule has 5 nitrogen and oxygen atoms in total. The van der Waals surface area contributed by atoms with Gasteiger partial charge in [-0.05, 0) is 55.7 Å². The van der Waals surface area contributed by atoms with Crippen LogP contribution in [0.4, 0.5) is 0 Å². The lowest BCUT2D eigenvalue weighted by Gasteiger charge is -2.14. The minimum Gasteiger partial charge on any atom is -0.492 e. The van der Waals surface area contributed by atoms with Crippen molar-refractivity contribution in [3.63, 3.8) is 0 Å². The van der Waals surface area contributed by atoms with Gasteiger partial charge in [-0.25, -0.2) is 0 Å². The monoisotopic (exact) mass is 409 g/mol. The van der Waals surface area contributed by atoms with Crippen LogP contribution in [0.15, 0.2) is 41.3 Å². The summed E-state index contributed by atoms with van der Waals surface area (Å²) in [4.78, 5) is 14.2. The molecule has 0 atom stereocenters. The van der Waals surface area contributed by atoms with Gasteiger partial charge in [0.1, 0.15) is 23.9 Å². The highest BCUT2D eigenvalue weighted by Crippen LogP contribution is 2.34. The van der Waals surface area contributed by atoms with E-state index in [4.69, 9.17) is 26.2 Å². The maximum atomic E-state index is 11.1. The molecular formula is C20H24ClNO4S. The van der Waals surface area contributed by atoms with E-state index >= 15 is 0 Å². The van der Waals surface area contributed by atoms with Gasteiger partial charge in [0.2, 0.25) is 0 Å². The summed E-state index contributed by atoms with van der Waals surface area (Å²) in [7, 11) is 3.92. The molecule has 0 fully saturated rings. The molecule has 0 amide bonds. The first-order valence-corrected chi connectivity index (χ1v) is 9.97. The van der Waals surface area contributed by atoms with Crippen molar-refractivity contribution >= 4 is 29.3 Å². The fourth-order valence-corrected chi connectivity index (χ4v) is 3.33. The van der Waals surface area contributed by atoms with Crippen LogP contribution in [0.25, 0.3) is 0 Å². The van der Waals surface area contributed by atoms with Crippen LogP contribution in [0.2, 0.25) is 5.02 Å². The molecule has 1 N–H and O–H groups in total. The molecule has 0 aliphatic carbocycles. The summed E-state index contributed by atoms with van der Waals surface area (Å²) in [5, 5.41) is 9.61. The highest BCUT2D eigenvalue weighted by Gasteiger charge is 2.10. The molecular weight excluding hydrogens is 386 g/mol. The van der Waals surface area contributed by atoms with Crippen molar-refractivity contribution < 1.29 is 19.4 Å². The summed E-state index contributed by atoms with van der Waals surface area (Å²) >= 11 is 8.03. The van der Waals surface area contributed by atoms with E-state index in [1.807, 2.05) is 37.2 Å². The van der Waals surface area contributed by atoms with Gasteiger partial charge in [-0.2, -0.15) is 0 Å². The van der Waals surface area contributed by atoms with Crippen LogP contribution in [0.1, 0.15) is 12.5 Å². The Morgan fingerprint density at radius 2 is 1.93 bits per heavy atom. The van der Waals surface area contributed by atoms with E-state index in [-0.39, 0.29) is 6.42 Å². The molecule has 0 aliphatic rings. The predicted molar refractivity (Wildman–Crippen MR) is 110 cm³/mol. The molecule has 0 saturated heterocycles. The van der Waals surface area contributed by atoms with Crippen molar-refractivity contribution in [2.45, 2.75) is 18.2 Å². The predicted octanol–water partition coefficient (Wildman–Crippen LogP) is 4.81. The Balaban J connectivity index is 2.22. The van der Waals surface area contributed by atoms with Crippen LogP contribution in [0.3, 0.4) is 0 Å². The minimum absolute atomic E-state index is 0.110. The first kappa shape index (κ1) is 21.4. The average Bonchev–Trinajstić information content (AvgIpc) is 2.56. The zero-order chi connectivity index (χ0) is 19.8. The zero-order valence-corrected chi connectivity index (χ0v) is 17.3. The summed E-state index contributed by atoms with van der Waals surface area (Å²) in [5.41, 5.74) is 0.606. The third-order valence-corrected chi connectivity index (χ3v) is 4.72. The van der Waals surface area contributed by atoms with E-state index in [2.05, 4.69) is 6.92 Å². The zero-order valence-electron chi connectivity index (χ0n) is 15.7. The molecule has 0 heterocycles. The number of nitrogens with zero attached hydrogens (tertiary/aromatic N) is 1. The smallest absolute Gasteiger partial charge is 0.307 e. The molecule has 2 aromatic rings. The molecule has 0 aromatic heterocycles. The lowest BCUT2D eigenvalue weighted by atomic mass is 10.1. The summed E-state index contributed by atoms with van der Waals surface area (Å²) in [6.07, 6.45) is -0.110. The number of thioether (sulfide) groups is 1. The number of aliphatic carboxylic acids is 1. The van der Waals surface area contributed by atoms with Gasteiger partial charge in [0.25, 0.3) is 0 Å². The van der Waals surface area contributed by atoms with E-state index in [9.17, 15) is 4.79 Å². The molecule has 2 rings (SSSR count). The first-order valence-electron chi connectivity index (χ1n) is 8.61. The number of likely N-dealkylation sites (N-methyl/N-ethyl adjacent to an activating group) is 1. The van der Waals surface area contributed by atoms with Gasteiger partial charge < -0.3 is 19.5 Å². The second kappa shape index (κ2) is 10.4. The highest BCUT2D eigenvalue weighted by atomic mass is 35.5. The number of ether oxygens (including phenoxy) is 2. The molecule has 0 radical (unpaired) electrons. The molecule has 146 valence electrons. The summed E-state index contributed by atoms with van der Waals surface area (Å²) in [5.74, 6) is 1.63. The molecule has 0 aliphatic heterocycles. The maximum Gasteiger partial charge on any atom is 0.307 e. The van der Waals surface area contributed by atoms with Crippen molar-refractivity contribution in [2.75, 3.05) is 33.0 Å². The fraction of sp³-hybridized carbons (Fsp3) is 0.350. The van der Waals surface area contributed by atoms with Gasteiger partial charge in [0.05, 0.1) is 11.4 Å². The Morgan fingerprint density at radius 3 is 2.56 bits per heavy atom. The summed E-state index contributed by atoms with van der Waals surface area (Å²) in [6.45, 7) is 3.32. The molecule has 0 bridgehead atoms. The van der Waals surface area contributed by atoms with E-state index in [1.165, 1.54) is 0 Å². The van der Waals surface area contributed by atoms with Gasteiger partial charge in [-0.15, -0.1) is 11.8 Å². The third kappa shape index (κ3) is 7.33. The van der Waals surface area contributed by atoms with Gasteiger partial charge in [-0.3, -0.25) is 4.79 Å². The second-order valence-corrected chi connectivity index (χ2v) is 7.91. The van der Waals surface area contributed by atoms with Gasteiger partial charge in [-0.1, -0.05) is 18.5 Å². The molecule has 0 unspecified atom stereocenters. The van der Waals surface area contributed by atoms with E-state index in [1.54, 1.807) is 30.0 Å². The Kier molecular flexibility index (Phi) is 8.28. The topological polar surface area (TPSA) is 59.0 Å². The van der Waals surface area contributed by atoms with Crippen molar-refractivity contribution in [3.8, 4) is 17.2 Å². The molecule has 2 aromatic carbocycles. The first-order chi connectivity index (χ1) is 12.9. The van der Waals surface area contributed by atoms with Crippen LogP contribution in [0.5, 0.6) is 17.2 Å². The number of hydrogen-bond acceptors (Lipinski definition) is 5. The molecule has 27 heavy (non-hydrogen) atoms. The lowest BCUT2D eigenvalue weighted by Crippen LogP contribution is -2.19. The number of carboxylic acid groups (broad SMARTS) is 1. The Bertz CT molecular complexity index is 783. The van der Waals surface area contributed by atoms with Crippen molar-refractivity contribution in [1.82, 2.24) is 4.90 Å². The van der Waals surface area contributed by atoms with E-state index in [0.717, 1.165) is 17.2 Å².